The average molecular weight is 300 g/mol. The van der Waals surface area contributed by atoms with Gasteiger partial charge in [0.25, 0.3) is 0 Å². The number of aryl methyl sites for hydroxylation is 2. The highest BCUT2D eigenvalue weighted by Crippen LogP contribution is 2.33. The molecule has 1 heterocycles. The highest BCUT2D eigenvalue weighted by Gasteiger charge is 2.18. The van der Waals surface area contributed by atoms with Gasteiger partial charge in [0.05, 0.1) is 16.3 Å². The fourth-order valence-electron chi connectivity index (χ4n) is 2.41. The Kier molecular flexibility index (Phi) is 3.35. The third-order valence-electron chi connectivity index (χ3n) is 3.39. The van der Waals surface area contributed by atoms with Crippen LogP contribution < -0.4 is 5.73 Å². The summed E-state index contributed by atoms with van der Waals surface area (Å²) in [6.07, 6.45) is 0. The molecular formula is C15H14ClN5. The number of halogens is 1. The van der Waals surface area contributed by atoms with Crippen molar-refractivity contribution in [1.82, 2.24) is 20.2 Å². The Bertz CT molecular complexity index is 703. The molecule has 3 aromatic rings. The topological polar surface area (TPSA) is 69.6 Å². The summed E-state index contributed by atoms with van der Waals surface area (Å²) in [6, 6.07) is 11.4. The molecular weight excluding hydrogens is 286 g/mol. The Morgan fingerprint density at radius 1 is 1.05 bits per heavy atom. The zero-order valence-corrected chi connectivity index (χ0v) is 12.5. The lowest BCUT2D eigenvalue weighted by atomic mass is 10.1. The summed E-state index contributed by atoms with van der Waals surface area (Å²) < 4.78 is 1.68. The monoisotopic (exact) mass is 299 g/mol. The predicted octanol–water partition coefficient (Wildman–Crippen LogP) is 3.18. The van der Waals surface area contributed by atoms with Crippen molar-refractivity contribution in [2.75, 3.05) is 5.73 Å². The van der Waals surface area contributed by atoms with Crippen LogP contribution in [0.3, 0.4) is 0 Å². The maximum atomic E-state index is 6.27. The molecule has 0 fully saturated rings. The van der Waals surface area contributed by atoms with Crippen molar-refractivity contribution in [3.05, 3.63) is 52.5 Å². The standard InChI is InChI=1S/C15H14ClN5/c1-9-5-3-6-10(2)14(9)21-15(18-19-20-21)13-11(16)7-4-8-12(13)17/h3-8H,17H2,1-2H3. The van der Waals surface area contributed by atoms with Crippen molar-refractivity contribution < 1.29 is 0 Å². The quantitative estimate of drug-likeness (QED) is 0.738. The van der Waals surface area contributed by atoms with Crippen LogP contribution in [0.5, 0.6) is 0 Å². The number of tetrazole rings is 1. The van der Waals surface area contributed by atoms with E-state index >= 15 is 0 Å². The van der Waals surface area contributed by atoms with Crippen molar-refractivity contribution in [1.29, 1.82) is 0 Å². The van der Waals surface area contributed by atoms with E-state index in [1.165, 1.54) is 0 Å². The van der Waals surface area contributed by atoms with E-state index in [0.717, 1.165) is 16.8 Å². The molecule has 6 heteroatoms. The second kappa shape index (κ2) is 5.18. The molecule has 106 valence electrons. The molecule has 3 rings (SSSR count). The van der Waals surface area contributed by atoms with Crippen LogP contribution in [0.15, 0.2) is 36.4 Å². The minimum Gasteiger partial charge on any atom is -0.398 e. The van der Waals surface area contributed by atoms with E-state index in [1.54, 1.807) is 22.9 Å². The SMILES string of the molecule is Cc1cccc(C)c1-n1nnnc1-c1c(N)cccc1Cl. The number of nitrogen functional groups attached to an aromatic ring is 1. The molecule has 2 aromatic carbocycles. The van der Waals surface area contributed by atoms with Crippen LogP contribution in [0, 0.1) is 13.8 Å². The zero-order valence-electron chi connectivity index (χ0n) is 11.7. The van der Waals surface area contributed by atoms with Gasteiger partial charge >= 0.3 is 0 Å². The minimum absolute atomic E-state index is 0.525. The third-order valence-corrected chi connectivity index (χ3v) is 3.71. The summed E-state index contributed by atoms with van der Waals surface area (Å²) in [5.74, 6) is 0.538. The lowest BCUT2D eigenvalue weighted by molar-refractivity contribution is 0.783. The second-order valence-corrected chi connectivity index (χ2v) is 5.27. The van der Waals surface area contributed by atoms with Gasteiger partial charge in [0.2, 0.25) is 0 Å². The summed E-state index contributed by atoms with van der Waals surface area (Å²) >= 11 is 6.27. The molecule has 0 aliphatic heterocycles. The maximum absolute atomic E-state index is 6.27. The molecule has 1 aromatic heterocycles. The number of benzene rings is 2. The van der Waals surface area contributed by atoms with Gasteiger partial charge in [0, 0.05) is 5.69 Å². The van der Waals surface area contributed by atoms with E-state index < -0.39 is 0 Å². The van der Waals surface area contributed by atoms with E-state index in [0.29, 0.717) is 22.1 Å². The fourth-order valence-corrected chi connectivity index (χ4v) is 2.68. The number of nitrogens with zero attached hydrogens (tertiary/aromatic N) is 4. The number of rotatable bonds is 2. The molecule has 0 aliphatic carbocycles. The van der Waals surface area contributed by atoms with Crippen LogP contribution in [0.4, 0.5) is 5.69 Å². The first-order valence-corrected chi connectivity index (χ1v) is 6.86. The Balaban J connectivity index is 2.28. The first kappa shape index (κ1) is 13.6. The van der Waals surface area contributed by atoms with Gasteiger partial charge in [-0.05, 0) is 47.5 Å². The number of aromatic nitrogens is 4. The Morgan fingerprint density at radius 2 is 1.71 bits per heavy atom. The molecule has 0 saturated heterocycles. The van der Waals surface area contributed by atoms with Gasteiger partial charge in [0.15, 0.2) is 5.82 Å². The van der Waals surface area contributed by atoms with E-state index in [2.05, 4.69) is 15.5 Å². The van der Waals surface area contributed by atoms with Crippen LogP contribution in [-0.2, 0) is 0 Å². The number of hydrogen-bond acceptors (Lipinski definition) is 4. The largest absolute Gasteiger partial charge is 0.398 e. The Morgan fingerprint density at radius 3 is 2.38 bits per heavy atom. The van der Waals surface area contributed by atoms with Crippen molar-refractivity contribution in [2.24, 2.45) is 0 Å². The molecule has 2 N–H and O–H groups in total. The summed E-state index contributed by atoms with van der Waals surface area (Å²) in [7, 11) is 0. The molecule has 5 nitrogen and oxygen atoms in total. The molecule has 0 aliphatic rings. The van der Waals surface area contributed by atoms with Crippen molar-refractivity contribution in [2.45, 2.75) is 13.8 Å². The summed E-state index contributed by atoms with van der Waals surface area (Å²) in [6.45, 7) is 4.04. The summed E-state index contributed by atoms with van der Waals surface area (Å²) in [5, 5.41) is 12.5. The first-order chi connectivity index (χ1) is 10.1. The van der Waals surface area contributed by atoms with Crippen LogP contribution in [-0.4, -0.2) is 20.2 Å². The van der Waals surface area contributed by atoms with E-state index in [-0.39, 0.29) is 0 Å². The number of anilines is 1. The van der Waals surface area contributed by atoms with E-state index in [4.69, 9.17) is 17.3 Å². The summed E-state index contributed by atoms with van der Waals surface area (Å²) in [5.41, 5.74) is 10.3. The smallest absolute Gasteiger partial charge is 0.190 e. The number of hydrogen-bond donors (Lipinski definition) is 1. The van der Waals surface area contributed by atoms with Crippen LogP contribution in [0.1, 0.15) is 11.1 Å². The predicted molar refractivity (Wildman–Crippen MR) is 83.5 cm³/mol. The second-order valence-electron chi connectivity index (χ2n) is 4.86. The molecule has 0 amide bonds. The average Bonchev–Trinajstić information content (AvgIpc) is 2.87. The zero-order chi connectivity index (χ0) is 15.0. The molecule has 0 unspecified atom stereocenters. The van der Waals surface area contributed by atoms with Gasteiger partial charge in [-0.25, -0.2) is 0 Å². The Hall–Kier alpha value is -2.40. The third kappa shape index (κ3) is 2.25. The highest BCUT2D eigenvalue weighted by molar-refractivity contribution is 6.33. The molecule has 21 heavy (non-hydrogen) atoms. The maximum Gasteiger partial charge on any atom is 0.190 e. The van der Waals surface area contributed by atoms with Crippen molar-refractivity contribution >= 4 is 17.3 Å². The highest BCUT2D eigenvalue weighted by atomic mass is 35.5. The van der Waals surface area contributed by atoms with Crippen LogP contribution in [0.25, 0.3) is 17.1 Å². The number of nitrogens with two attached hydrogens (primary N) is 1. The molecule has 0 atom stereocenters. The van der Waals surface area contributed by atoms with Gasteiger partial charge in [-0.15, -0.1) is 5.10 Å². The van der Waals surface area contributed by atoms with Gasteiger partial charge in [-0.2, -0.15) is 4.68 Å². The molecule has 0 spiro atoms. The molecule has 0 bridgehead atoms. The molecule has 0 radical (unpaired) electrons. The van der Waals surface area contributed by atoms with Crippen LogP contribution >= 0.6 is 11.6 Å². The molecule has 0 saturated carbocycles. The van der Waals surface area contributed by atoms with Crippen molar-refractivity contribution in [3.63, 3.8) is 0 Å². The summed E-state index contributed by atoms with van der Waals surface area (Å²) in [4.78, 5) is 0. The van der Waals surface area contributed by atoms with Gasteiger partial charge in [-0.1, -0.05) is 35.9 Å². The first-order valence-electron chi connectivity index (χ1n) is 6.49. The van der Waals surface area contributed by atoms with Gasteiger partial charge in [0.1, 0.15) is 0 Å². The minimum atomic E-state index is 0.525. The van der Waals surface area contributed by atoms with Crippen LogP contribution in [0.2, 0.25) is 5.02 Å². The number of para-hydroxylation sites is 1. The fraction of sp³-hybridized carbons (Fsp3) is 0.133. The van der Waals surface area contributed by atoms with Gasteiger partial charge < -0.3 is 5.73 Å². The van der Waals surface area contributed by atoms with Crippen molar-refractivity contribution in [3.8, 4) is 17.1 Å². The van der Waals surface area contributed by atoms with Gasteiger partial charge in [-0.3, -0.25) is 0 Å². The lowest BCUT2D eigenvalue weighted by Crippen LogP contribution is -2.05. The normalized spacial score (nSPS) is 10.8. The van der Waals surface area contributed by atoms with E-state index in [1.807, 2.05) is 32.0 Å². The lowest BCUT2D eigenvalue weighted by Gasteiger charge is -2.12. The Labute approximate surface area is 127 Å². The van der Waals surface area contributed by atoms with E-state index in [9.17, 15) is 0 Å².